The van der Waals surface area contributed by atoms with Crippen molar-refractivity contribution in [3.8, 4) is 16.9 Å². The molecular weight excluding hydrogens is 422 g/mol. The Labute approximate surface area is 201 Å². The standard InChI is InChI=1S/C28H31N5O/c1-20(2)34-25-12-10-21(11-13-25)26-9-4-6-22-19-29-28(31-27(22)26)30-23-7-5-8-24(18-23)33-16-14-32(3)15-17-33/h4-13,18-20H,14-17H2,1-3H3,(H,29,30,31). The molecule has 1 aromatic heterocycles. The highest BCUT2D eigenvalue weighted by Crippen LogP contribution is 2.30. The lowest BCUT2D eigenvalue weighted by Crippen LogP contribution is -2.44. The zero-order valence-electron chi connectivity index (χ0n) is 20.0. The van der Waals surface area contributed by atoms with Gasteiger partial charge < -0.3 is 19.9 Å². The van der Waals surface area contributed by atoms with Crippen molar-refractivity contribution >= 4 is 28.2 Å². The van der Waals surface area contributed by atoms with Crippen molar-refractivity contribution in [3.63, 3.8) is 0 Å². The van der Waals surface area contributed by atoms with E-state index in [-0.39, 0.29) is 6.10 Å². The second-order valence-electron chi connectivity index (χ2n) is 9.09. The summed E-state index contributed by atoms with van der Waals surface area (Å²) >= 11 is 0. The number of rotatable bonds is 6. The smallest absolute Gasteiger partial charge is 0.227 e. The van der Waals surface area contributed by atoms with E-state index in [2.05, 4.69) is 69.6 Å². The van der Waals surface area contributed by atoms with Gasteiger partial charge >= 0.3 is 0 Å². The van der Waals surface area contributed by atoms with Crippen LogP contribution < -0.4 is 15.0 Å². The van der Waals surface area contributed by atoms with Crippen molar-refractivity contribution in [2.24, 2.45) is 0 Å². The van der Waals surface area contributed by atoms with Gasteiger partial charge in [0.15, 0.2) is 0 Å². The molecule has 6 nitrogen and oxygen atoms in total. The van der Waals surface area contributed by atoms with E-state index in [1.54, 1.807) is 0 Å². The summed E-state index contributed by atoms with van der Waals surface area (Å²) in [6.45, 7) is 8.31. The van der Waals surface area contributed by atoms with Crippen LogP contribution in [0.15, 0.2) is 72.9 Å². The van der Waals surface area contributed by atoms with Gasteiger partial charge in [0, 0.05) is 54.7 Å². The molecule has 3 aromatic carbocycles. The minimum absolute atomic E-state index is 0.152. The maximum absolute atomic E-state index is 5.80. The Hall–Kier alpha value is -3.64. The average Bonchev–Trinajstić information content (AvgIpc) is 2.84. The number of aromatic nitrogens is 2. The van der Waals surface area contributed by atoms with Gasteiger partial charge in [-0.05, 0) is 56.8 Å². The summed E-state index contributed by atoms with van der Waals surface area (Å²) in [4.78, 5) is 14.3. The van der Waals surface area contributed by atoms with Crippen LogP contribution in [0, 0.1) is 0 Å². The van der Waals surface area contributed by atoms with Crippen molar-refractivity contribution in [3.05, 3.63) is 72.9 Å². The van der Waals surface area contributed by atoms with Crippen LogP contribution in [0.25, 0.3) is 22.0 Å². The van der Waals surface area contributed by atoms with Crippen molar-refractivity contribution in [2.75, 3.05) is 43.4 Å². The molecule has 34 heavy (non-hydrogen) atoms. The maximum Gasteiger partial charge on any atom is 0.227 e. The van der Waals surface area contributed by atoms with Gasteiger partial charge in [-0.1, -0.05) is 36.4 Å². The summed E-state index contributed by atoms with van der Waals surface area (Å²) < 4.78 is 5.80. The topological polar surface area (TPSA) is 53.5 Å². The Morgan fingerprint density at radius 1 is 0.912 bits per heavy atom. The third-order valence-electron chi connectivity index (χ3n) is 6.12. The van der Waals surface area contributed by atoms with Gasteiger partial charge in [0.1, 0.15) is 5.75 Å². The number of para-hydroxylation sites is 1. The fraction of sp³-hybridized carbons (Fsp3) is 0.286. The molecule has 1 aliphatic rings. The number of nitrogens with one attached hydrogen (secondary N) is 1. The van der Waals surface area contributed by atoms with Crippen LogP contribution in [0.2, 0.25) is 0 Å². The molecule has 174 valence electrons. The summed E-state index contributed by atoms with van der Waals surface area (Å²) in [5.74, 6) is 1.46. The lowest BCUT2D eigenvalue weighted by molar-refractivity contribution is 0.242. The van der Waals surface area contributed by atoms with E-state index in [0.717, 1.165) is 59.6 Å². The molecule has 0 radical (unpaired) electrons. The van der Waals surface area contributed by atoms with Gasteiger partial charge in [-0.15, -0.1) is 0 Å². The Morgan fingerprint density at radius 2 is 1.68 bits per heavy atom. The lowest BCUT2D eigenvalue weighted by atomic mass is 10.0. The molecule has 1 fully saturated rings. The van der Waals surface area contributed by atoms with Crippen molar-refractivity contribution < 1.29 is 4.74 Å². The molecule has 5 rings (SSSR count). The third-order valence-corrected chi connectivity index (χ3v) is 6.12. The summed E-state index contributed by atoms with van der Waals surface area (Å²) in [5, 5.41) is 4.43. The summed E-state index contributed by atoms with van der Waals surface area (Å²) in [7, 11) is 2.18. The van der Waals surface area contributed by atoms with Crippen LogP contribution in [-0.4, -0.2) is 54.2 Å². The molecule has 0 saturated carbocycles. The number of piperazine rings is 1. The Kier molecular flexibility index (Phi) is 6.32. The number of likely N-dealkylation sites (N-methyl/N-ethyl adjacent to an activating group) is 1. The van der Waals surface area contributed by atoms with Crippen LogP contribution in [0.4, 0.5) is 17.3 Å². The molecule has 0 amide bonds. The minimum Gasteiger partial charge on any atom is -0.491 e. The molecule has 0 bridgehead atoms. The lowest BCUT2D eigenvalue weighted by Gasteiger charge is -2.34. The van der Waals surface area contributed by atoms with E-state index in [0.29, 0.717) is 5.95 Å². The molecule has 2 heterocycles. The van der Waals surface area contributed by atoms with Crippen LogP contribution in [0.5, 0.6) is 5.75 Å². The quantitative estimate of drug-likeness (QED) is 0.411. The largest absolute Gasteiger partial charge is 0.491 e. The van der Waals surface area contributed by atoms with E-state index in [4.69, 9.17) is 9.72 Å². The number of hydrogen-bond donors (Lipinski definition) is 1. The normalized spacial score (nSPS) is 14.5. The fourth-order valence-corrected chi connectivity index (χ4v) is 4.31. The van der Waals surface area contributed by atoms with Gasteiger partial charge in [-0.3, -0.25) is 0 Å². The molecule has 1 N–H and O–H groups in total. The predicted octanol–water partition coefficient (Wildman–Crippen LogP) is 5.58. The van der Waals surface area contributed by atoms with E-state index in [1.165, 1.54) is 5.69 Å². The molecular formula is C28H31N5O. The van der Waals surface area contributed by atoms with E-state index in [1.807, 2.05) is 44.3 Å². The maximum atomic E-state index is 5.80. The minimum atomic E-state index is 0.152. The number of benzene rings is 3. The molecule has 0 spiro atoms. The Morgan fingerprint density at radius 3 is 2.44 bits per heavy atom. The van der Waals surface area contributed by atoms with Crippen LogP contribution in [0.1, 0.15) is 13.8 Å². The van der Waals surface area contributed by atoms with Crippen molar-refractivity contribution in [1.82, 2.24) is 14.9 Å². The molecule has 1 aliphatic heterocycles. The highest BCUT2D eigenvalue weighted by Gasteiger charge is 2.15. The number of fused-ring (bicyclic) bond motifs is 1. The number of hydrogen-bond acceptors (Lipinski definition) is 6. The van der Waals surface area contributed by atoms with Crippen molar-refractivity contribution in [2.45, 2.75) is 20.0 Å². The van der Waals surface area contributed by atoms with Gasteiger partial charge in [0.05, 0.1) is 11.6 Å². The van der Waals surface area contributed by atoms with Crippen LogP contribution >= 0.6 is 0 Å². The zero-order valence-corrected chi connectivity index (χ0v) is 20.0. The first-order chi connectivity index (χ1) is 16.5. The number of anilines is 3. The third kappa shape index (κ3) is 4.97. The molecule has 6 heteroatoms. The second kappa shape index (κ2) is 9.69. The summed E-state index contributed by atoms with van der Waals surface area (Å²) in [6, 6.07) is 22.9. The van der Waals surface area contributed by atoms with Gasteiger partial charge in [-0.25, -0.2) is 9.97 Å². The SMILES string of the molecule is CC(C)Oc1ccc(-c2cccc3cnc(Nc4cccc(N5CCN(C)CC5)c4)nc23)cc1. The number of nitrogens with zero attached hydrogens (tertiary/aromatic N) is 4. The highest BCUT2D eigenvalue weighted by molar-refractivity contribution is 5.94. The van der Waals surface area contributed by atoms with E-state index in [9.17, 15) is 0 Å². The zero-order chi connectivity index (χ0) is 23.5. The molecule has 0 atom stereocenters. The monoisotopic (exact) mass is 453 g/mol. The summed E-state index contributed by atoms with van der Waals surface area (Å²) in [6.07, 6.45) is 2.04. The molecule has 0 unspecified atom stereocenters. The van der Waals surface area contributed by atoms with E-state index < -0.39 is 0 Å². The van der Waals surface area contributed by atoms with Gasteiger partial charge in [0.25, 0.3) is 0 Å². The predicted molar refractivity (Wildman–Crippen MR) is 140 cm³/mol. The fourth-order valence-electron chi connectivity index (χ4n) is 4.31. The highest BCUT2D eigenvalue weighted by atomic mass is 16.5. The first kappa shape index (κ1) is 22.2. The molecule has 4 aromatic rings. The first-order valence-corrected chi connectivity index (χ1v) is 11.9. The van der Waals surface area contributed by atoms with E-state index >= 15 is 0 Å². The van der Waals surface area contributed by atoms with Crippen molar-refractivity contribution in [1.29, 1.82) is 0 Å². The molecule has 0 aliphatic carbocycles. The van der Waals surface area contributed by atoms with Crippen LogP contribution in [0.3, 0.4) is 0 Å². The van der Waals surface area contributed by atoms with Gasteiger partial charge in [-0.2, -0.15) is 0 Å². The first-order valence-electron chi connectivity index (χ1n) is 11.9. The molecule has 1 saturated heterocycles. The Bertz CT molecular complexity index is 1260. The number of ether oxygens (including phenoxy) is 1. The Balaban J connectivity index is 1.41. The second-order valence-corrected chi connectivity index (χ2v) is 9.09. The van der Waals surface area contributed by atoms with Gasteiger partial charge in [0.2, 0.25) is 5.95 Å². The average molecular weight is 454 g/mol. The summed E-state index contributed by atoms with van der Waals surface area (Å²) in [5.41, 5.74) is 5.31. The van der Waals surface area contributed by atoms with Crippen LogP contribution in [-0.2, 0) is 0 Å².